The Morgan fingerprint density at radius 3 is 2.49 bits per heavy atom. The van der Waals surface area contributed by atoms with Crippen LogP contribution in [-0.4, -0.2) is 81.0 Å². The Morgan fingerprint density at radius 2 is 1.85 bits per heavy atom. The average molecular weight is 570 g/mol. The van der Waals surface area contributed by atoms with Crippen molar-refractivity contribution in [2.75, 3.05) is 7.11 Å². The summed E-state index contributed by atoms with van der Waals surface area (Å²) in [6, 6.07) is 4.48. The average Bonchev–Trinajstić information content (AvgIpc) is 2.88. The second-order valence-electron chi connectivity index (χ2n) is 10.9. The fourth-order valence-corrected chi connectivity index (χ4v) is 6.30. The molecule has 218 valence electrons. The number of carbonyl (C=O) groups is 4. The number of methoxy groups -OCH3 is 1. The first-order chi connectivity index (χ1) is 19.3. The van der Waals surface area contributed by atoms with Gasteiger partial charge in [-0.1, -0.05) is 12.1 Å². The third-order valence-electron chi connectivity index (χ3n) is 8.13. The van der Waals surface area contributed by atoms with Gasteiger partial charge in [-0.2, -0.15) is 0 Å². The second-order valence-corrected chi connectivity index (χ2v) is 10.9. The summed E-state index contributed by atoms with van der Waals surface area (Å²) >= 11 is 0. The molecular formula is C29H31NO11. The fraction of sp³-hybridized carbons (Fsp3) is 0.448. The van der Waals surface area contributed by atoms with Crippen LogP contribution in [0.2, 0.25) is 0 Å². The summed E-state index contributed by atoms with van der Waals surface area (Å²) < 4.78 is 16.9. The fourth-order valence-electron chi connectivity index (χ4n) is 6.30. The van der Waals surface area contributed by atoms with Crippen LogP contribution in [0, 0.1) is 0 Å². The molecule has 2 aromatic carbocycles. The molecule has 12 nitrogen and oxygen atoms in total. The highest BCUT2D eigenvalue weighted by Crippen LogP contribution is 2.54. The number of ketones is 3. The molecule has 0 aromatic heterocycles. The molecule has 41 heavy (non-hydrogen) atoms. The number of rotatable bonds is 5. The number of aromatic hydroxyl groups is 2. The van der Waals surface area contributed by atoms with Crippen LogP contribution < -0.4 is 5.73 Å². The molecule has 5 rings (SSSR count). The van der Waals surface area contributed by atoms with Crippen LogP contribution in [0.25, 0.3) is 0 Å². The SMILES string of the molecule is COC(=O)C1c2cc3c(c(O)c2C(OC2CC(N)C(O)C(C)O2)CC1(O)CC(C)=O)C(=O)c1c(O)cccc1C3=O. The van der Waals surface area contributed by atoms with Crippen molar-refractivity contribution in [1.82, 2.24) is 0 Å². The first-order valence-corrected chi connectivity index (χ1v) is 13.1. The van der Waals surface area contributed by atoms with E-state index in [2.05, 4.69) is 0 Å². The van der Waals surface area contributed by atoms with Gasteiger partial charge in [-0.05, 0) is 31.5 Å². The van der Waals surface area contributed by atoms with Crippen molar-refractivity contribution in [3.63, 3.8) is 0 Å². The molecule has 0 spiro atoms. The molecule has 7 unspecified atom stereocenters. The summed E-state index contributed by atoms with van der Waals surface area (Å²) in [5, 5.41) is 44.0. The number of benzene rings is 2. The summed E-state index contributed by atoms with van der Waals surface area (Å²) in [5.74, 6) is -5.57. The van der Waals surface area contributed by atoms with Crippen LogP contribution in [0.15, 0.2) is 24.3 Å². The lowest BCUT2D eigenvalue weighted by Gasteiger charge is -2.45. The summed E-state index contributed by atoms with van der Waals surface area (Å²) in [5.41, 5.74) is 2.80. The normalized spacial score (nSPS) is 30.7. The van der Waals surface area contributed by atoms with Crippen LogP contribution in [0.1, 0.15) is 88.1 Å². The van der Waals surface area contributed by atoms with Crippen LogP contribution in [-0.2, 0) is 23.8 Å². The molecule has 1 heterocycles. The summed E-state index contributed by atoms with van der Waals surface area (Å²) in [6.07, 6.45) is -4.84. The Kier molecular flexibility index (Phi) is 7.24. The number of carbonyl (C=O) groups excluding carboxylic acids is 4. The number of ether oxygens (including phenoxy) is 3. The van der Waals surface area contributed by atoms with Gasteiger partial charge in [0.1, 0.15) is 23.2 Å². The third kappa shape index (κ3) is 4.61. The number of hydrogen-bond acceptors (Lipinski definition) is 12. The molecule has 3 aliphatic rings. The molecule has 2 aliphatic carbocycles. The van der Waals surface area contributed by atoms with E-state index in [1.165, 1.54) is 31.2 Å². The summed E-state index contributed by atoms with van der Waals surface area (Å²) in [6.45, 7) is 2.83. The highest BCUT2D eigenvalue weighted by Gasteiger charge is 2.54. The maximum absolute atomic E-state index is 13.6. The van der Waals surface area contributed by atoms with Gasteiger partial charge in [0.15, 0.2) is 12.1 Å². The number of Topliss-reactive ketones (excluding diaryl/α,β-unsaturated/α-hetero) is 1. The van der Waals surface area contributed by atoms with Gasteiger partial charge in [-0.15, -0.1) is 0 Å². The van der Waals surface area contributed by atoms with Crippen molar-refractivity contribution in [2.45, 2.75) is 75.3 Å². The highest BCUT2D eigenvalue weighted by atomic mass is 16.7. The quantitative estimate of drug-likeness (QED) is 0.274. The van der Waals surface area contributed by atoms with E-state index in [0.29, 0.717) is 0 Å². The van der Waals surface area contributed by atoms with Crippen LogP contribution in [0.3, 0.4) is 0 Å². The van der Waals surface area contributed by atoms with Crippen molar-refractivity contribution in [1.29, 1.82) is 0 Å². The van der Waals surface area contributed by atoms with Gasteiger partial charge in [0.25, 0.3) is 0 Å². The van der Waals surface area contributed by atoms with Crippen molar-refractivity contribution in [2.24, 2.45) is 5.73 Å². The number of fused-ring (bicyclic) bond motifs is 3. The first kappa shape index (κ1) is 28.8. The Hall–Kier alpha value is -3.68. The van der Waals surface area contributed by atoms with Crippen molar-refractivity contribution >= 4 is 23.3 Å². The van der Waals surface area contributed by atoms with Gasteiger partial charge in [-0.3, -0.25) is 19.2 Å². The molecule has 0 bridgehead atoms. The van der Waals surface area contributed by atoms with Crippen molar-refractivity contribution < 1.29 is 53.8 Å². The van der Waals surface area contributed by atoms with E-state index in [4.69, 9.17) is 19.9 Å². The second kappa shape index (κ2) is 10.3. The molecule has 7 atom stereocenters. The predicted octanol–water partition coefficient (Wildman–Crippen LogP) is 1.12. The predicted molar refractivity (Wildman–Crippen MR) is 139 cm³/mol. The molecule has 1 aliphatic heterocycles. The number of nitrogens with two attached hydrogens (primary N) is 1. The van der Waals surface area contributed by atoms with E-state index in [-0.39, 0.29) is 34.2 Å². The minimum atomic E-state index is -2.07. The van der Waals surface area contributed by atoms with Gasteiger partial charge < -0.3 is 40.4 Å². The molecule has 0 radical (unpaired) electrons. The number of aliphatic hydroxyl groups excluding tert-OH is 1. The molecule has 1 fully saturated rings. The summed E-state index contributed by atoms with van der Waals surface area (Å²) in [4.78, 5) is 52.5. The van der Waals surface area contributed by atoms with Crippen LogP contribution in [0.5, 0.6) is 11.5 Å². The maximum atomic E-state index is 13.6. The van der Waals surface area contributed by atoms with Gasteiger partial charge in [0.2, 0.25) is 5.78 Å². The zero-order valence-electron chi connectivity index (χ0n) is 22.6. The van der Waals surface area contributed by atoms with E-state index in [1.807, 2.05) is 0 Å². The number of hydrogen-bond donors (Lipinski definition) is 5. The molecule has 6 N–H and O–H groups in total. The number of phenols is 2. The third-order valence-corrected chi connectivity index (χ3v) is 8.13. The van der Waals surface area contributed by atoms with E-state index >= 15 is 0 Å². The highest BCUT2D eigenvalue weighted by molar-refractivity contribution is 6.30. The van der Waals surface area contributed by atoms with Crippen LogP contribution >= 0.6 is 0 Å². The van der Waals surface area contributed by atoms with E-state index in [9.17, 15) is 39.6 Å². The van der Waals surface area contributed by atoms with E-state index < -0.39 is 95.4 Å². The van der Waals surface area contributed by atoms with E-state index in [1.54, 1.807) is 6.92 Å². The topological polar surface area (TPSA) is 203 Å². The van der Waals surface area contributed by atoms with E-state index in [0.717, 1.165) is 7.11 Å². The molecule has 12 heteroatoms. The van der Waals surface area contributed by atoms with Gasteiger partial charge in [0.05, 0.1) is 42.1 Å². The Morgan fingerprint density at radius 1 is 1.15 bits per heavy atom. The lowest BCUT2D eigenvalue weighted by Crippen LogP contribution is -2.53. The molecule has 1 saturated heterocycles. The first-order valence-electron chi connectivity index (χ1n) is 13.1. The maximum Gasteiger partial charge on any atom is 0.316 e. The van der Waals surface area contributed by atoms with Gasteiger partial charge in [0, 0.05) is 42.0 Å². The monoisotopic (exact) mass is 569 g/mol. The minimum Gasteiger partial charge on any atom is -0.507 e. The molecule has 2 aromatic rings. The standard InChI is InChI=1S/C29H31NO11/c1-11(31)9-29(38)10-18(41-19-8-16(30)24(33)12(2)40-19)21-14(23(29)28(37)39-3)7-15-22(27(21)36)26(35)20-13(25(15)34)5-4-6-17(20)32/h4-7,12,16,18-19,23-24,32-33,36,38H,8-10,30H2,1-3H3. The van der Waals surface area contributed by atoms with Gasteiger partial charge in [-0.25, -0.2) is 0 Å². The largest absolute Gasteiger partial charge is 0.507 e. The lowest BCUT2D eigenvalue weighted by molar-refractivity contribution is -0.248. The zero-order chi connectivity index (χ0) is 30.0. The Balaban J connectivity index is 1.73. The smallest absolute Gasteiger partial charge is 0.316 e. The summed E-state index contributed by atoms with van der Waals surface area (Å²) in [7, 11) is 1.09. The number of aliphatic hydroxyl groups is 2. The zero-order valence-corrected chi connectivity index (χ0v) is 22.6. The van der Waals surface area contributed by atoms with Crippen molar-refractivity contribution in [3.8, 4) is 11.5 Å². The van der Waals surface area contributed by atoms with Crippen LogP contribution in [0.4, 0.5) is 0 Å². The Bertz CT molecular complexity index is 1460. The number of esters is 1. The Labute approximate surface area is 234 Å². The molecular weight excluding hydrogens is 538 g/mol. The lowest BCUT2D eigenvalue weighted by atomic mass is 9.66. The molecule has 0 amide bonds. The number of phenolic OH excluding ortho intramolecular Hbond substituents is 2. The molecule has 0 saturated carbocycles. The minimum absolute atomic E-state index is 0.0350. The van der Waals surface area contributed by atoms with Gasteiger partial charge >= 0.3 is 5.97 Å². The van der Waals surface area contributed by atoms with Crippen molar-refractivity contribution in [3.05, 3.63) is 57.6 Å².